The second-order valence-corrected chi connectivity index (χ2v) is 5.29. The van der Waals surface area contributed by atoms with Gasteiger partial charge in [-0.15, -0.1) is 0 Å². The van der Waals surface area contributed by atoms with E-state index in [1.165, 1.54) is 37.8 Å². The van der Waals surface area contributed by atoms with Crippen LogP contribution in [-0.2, 0) is 6.54 Å². The van der Waals surface area contributed by atoms with Crippen LogP contribution in [0.15, 0.2) is 12.5 Å². The minimum atomic E-state index is 0.401. The van der Waals surface area contributed by atoms with Crippen LogP contribution in [0.3, 0.4) is 0 Å². The summed E-state index contributed by atoms with van der Waals surface area (Å²) in [5.41, 5.74) is 1.75. The summed E-state index contributed by atoms with van der Waals surface area (Å²) in [7, 11) is 0. The smallest absolute Gasteiger partial charge is 0.0951 e. The van der Waals surface area contributed by atoms with Crippen LogP contribution in [0, 0.1) is 0 Å². The van der Waals surface area contributed by atoms with Crippen molar-refractivity contribution < 1.29 is 0 Å². The van der Waals surface area contributed by atoms with Gasteiger partial charge in [0.2, 0.25) is 0 Å². The van der Waals surface area contributed by atoms with E-state index in [4.69, 9.17) is 0 Å². The largest absolute Gasteiger partial charge is 0.330 e. The summed E-state index contributed by atoms with van der Waals surface area (Å²) in [6, 6.07) is 0.749. The van der Waals surface area contributed by atoms with Gasteiger partial charge >= 0.3 is 0 Å². The molecular weight excluding hydrogens is 186 g/mol. The summed E-state index contributed by atoms with van der Waals surface area (Å²) in [4.78, 5) is 4.25. The third kappa shape index (κ3) is 1.81. The van der Waals surface area contributed by atoms with Gasteiger partial charge in [-0.25, -0.2) is 4.98 Å². The highest BCUT2D eigenvalue weighted by molar-refractivity contribution is 5.05. The van der Waals surface area contributed by atoms with Crippen LogP contribution in [0.25, 0.3) is 0 Å². The van der Waals surface area contributed by atoms with Crippen molar-refractivity contribution in [3.63, 3.8) is 0 Å². The minimum Gasteiger partial charge on any atom is -0.330 e. The van der Waals surface area contributed by atoms with Crippen LogP contribution in [0.5, 0.6) is 0 Å². The molecule has 0 unspecified atom stereocenters. The molecule has 1 aromatic heterocycles. The predicted octanol–water partition coefficient (Wildman–Crippen LogP) is 2.25. The fraction of sp³-hybridized carbons (Fsp3) is 0.750. The topological polar surface area (TPSA) is 29.9 Å². The van der Waals surface area contributed by atoms with Gasteiger partial charge in [-0.05, 0) is 39.0 Å². The minimum absolute atomic E-state index is 0.401. The van der Waals surface area contributed by atoms with E-state index in [-0.39, 0.29) is 0 Å². The summed E-state index contributed by atoms with van der Waals surface area (Å²) < 4.78 is 2.34. The molecule has 0 bridgehead atoms. The molecular formula is C12H19N3. The fourth-order valence-electron chi connectivity index (χ4n) is 2.34. The molecule has 0 spiro atoms. The normalized spacial score (nSPS) is 23.8. The molecule has 0 amide bonds. The molecule has 0 radical (unpaired) electrons. The number of nitrogens with one attached hydrogen (secondary N) is 1. The van der Waals surface area contributed by atoms with Crippen LogP contribution in [0.4, 0.5) is 0 Å². The zero-order chi connectivity index (χ0) is 10.3. The summed E-state index contributed by atoms with van der Waals surface area (Å²) in [5, 5.41) is 3.66. The third-order valence-corrected chi connectivity index (χ3v) is 3.84. The number of aromatic nitrogens is 2. The van der Waals surface area contributed by atoms with E-state index in [2.05, 4.69) is 21.8 Å². The van der Waals surface area contributed by atoms with E-state index in [9.17, 15) is 0 Å². The van der Waals surface area contributed by atoms with E-state index in [1.807, 2.05) is 12.5 Å². The first-order chi connectivity index (χ1) is 7.27. The Bertz CT molecular complexity index is 348. The zero-order valence-corrected chi connectivity index (χ0v) is 9.37. The Morgan fingerprint density at radius 2 is 2.33 bits per heavy atom. The van der Waals surface area contributed by atoms with Gasteiger partial charge in [0.1, 0.15) is 0 Å². The molecule has 1 heterocycles. The van der Waals surface area contributed by atoms with Crippen molar-refractivity contribution in [2.24, 2.45) is 0 Å². The number of nitrogens with zero attached hydrogens (tertiary/aromatic N) is 2. The standard InChI is InChI=1S/C12H19N3/c1-12(5-2-6-12)14-8-11-7-13-9-15(11)10-3-4-10/h7,9-10,14H,2-6,8H2,1H3. The van der Waals surface area contributed by atoms with Gasteiger partial charge < -0.3 is 9.88 Å². The Morgan fingerprint density at radius 1 is 1.53 bits per heavy atom. The molecule has 82 valence electrons. The van der Waals surface area contributed by atoms with Crippen LogP contribution < -0.4 is 5.32 Å². The lowest BCUT2D eigenvalue weighted by Gasteiger charge is -2.39. The summed E-state index contributed by atoms with van der Waals surface area (Å²) in [5.74, 6) is 0. The Labute approximate surface area is 90.9 Å². The lowest BCUT2D eigenvalue weighted by molar-refractivity contribution is 0.205. The van der Waals surface area contributed by atoms with Crippen molar-refractivity contribution in [3.8, 4) is 0 Å². The lowest BCUT2D eigenvalue weighted by atomic mass is 9.78. The fourth-order valence-corrected chi connectivity index (χ4v) is 2.34. The van der Waals surface area contributed by atoms with E-state index >= 15 is 0 Å². The quantitative estimate of drug-likeness (QED) is 0.817. The van der Waals surface area contributed by atoms with Crippen molar-refractivity contribution in [2.75, 3.05) is 0 Å². The van der Waals surface area contributed by atoms with Gasteiger partial charge in [0.15, 0.2) is 0 Å². The monoisotopic (exact) mass is 205 g/mol. The molecule has 2 aliphatic rings. The van der Waals surface area contributed by atoms with Gasteiger partial charge in [-0.2, -0.15) is 0 Å². The maximum absolute atomic E-state index is 4.25. The van der Waals surface area contributed by atoms with Crippen molar-refractivity contribution in [2.45, 2.75) is 57.2 Å². The van der Waals surface area contributed by atoms with E-state index in [0.717, 1.165) is 12.6 Å². The number of hydrogen-bond acceptors (Lipinski definition) is 2. The highest BCUT2D eigenvalue weighted by Crippen LogP contribution is 2.36. The van der Waals surface area contributed by atoms with Gasteiger partial charge in [0.05, 0.1) is 12.0 Å². The highest BCUT2D eigenvalue weighted by atomic mass is 15.1. The first-order valence-electron chi connectivity index (χ1n) is 6.03. The Kier molecular flexibility index (Phi) is 2.09. The second-order valence-electron chi connectivity index (χ2n) is 5.29. The highest BCUT2D eigenvalue weighted by Gasteiger charge is 2.31. The van der Waals surface area contributed by atoms with Crippen LogP contribution >= 0.6 is 0 Å². The van der Waals surface area contributed by atoms with Crippen molar-refractivity contribution in [1.82, 2.24) is 14.9 Å². The summed E-state index contributed by atoms with van der Waals surface area (Å²) in [6.45, 7) is 3.31. The van der Waals surface area contributed by atoms with Gasteiger partial charge in [-0.1, -0.05) is 0 Å². The van der Waals surface area contributed by atoms with Gasteiger partial charge in [-0.3, -0.25) is 0 Å². The molecule has 3 nitrogen and oxygen atoms in total. The summed E-state index contributed by atoms with van der Waals surface area (Å²) in [6.07, 6.45) is 10.7. The van der Waals surface area contributed by atoms with Crippen molar-refractivity contribution in [3.05, 3.63) is 18.2 Å². The van der Waals surface area contributed by atoms with Crippen molar-refractivity contribution >= 4 is 0 Å². The van der Waals surface area contributed by atoms with Crippen LogP contribution in [0.1, 0.15) is 50.8 Å². The first kappa shape index (κ1) is 9.40. The maximum atomic E-state index is 4.25. The number of hydrogen-bond donors (Lipinski definition) is 1. The lowest BCUT2D eigenvalue weighted by Crippen LogP contribution is -2.47. The molecule has 2 aliphatic carbocycles. The third-order valence-electron chi connectivity index (χ3n) is 3.84. The van der Waals surface area contributed by atoms with E-state index < -0.39 is 0 Å². The molecule has 0 saturated heterocycles. The molecule has 0 aromatic carbocycles. The molecule has 3 rings (SSSR count). The molecule has 2 fully saturated rings. The number of imidazole rings is 1. The Morgan fingerprint density at radius 3 is 2.93 bits per heavy atom. The molecule has 0 atom stereocenters. The first-order valence-corrected chi connectivity index (χ1v) is 6.03. The molecule has 1 N–H and O–H groups in total. The van der Waals surface area contributed by atoms with E-state index in [1.54, 1.807) is 0 Å². The average Bonchev–Trinajstić information content (AvgIpc) is 2.92. The predicted molar refractivity (Wildman–Crippen MR) is 59.6 cm³/mol. The number of rotatable bonds is 4. The second kappa shape index (κ2) is 3.34. The molecule has 15 heavy (non-hydrogen) atoms. The maximum Gasteiger partial charge on any atom is 0.0951 e. The van der Waals surface area contributed by atoms with Gasteiger partial charge in [0.25, 0.3) is 0 Å². The molecule has 2 saturated carbocycles. The van der Waals surface area contributed by atoms with Crippen LogP contribution in [-0.4, -0.2) is 15.1 Å². The van der Waals surface area contributed by atoms with Crippen molar-refractivity contribution in [1.29, 1.82) is 0 Å². The molecule has 1 aromatic rings. The SMILES string of the molecule is CC1(NCc2cncn2C2CC2)CCC1. The summed E-state index contributed by atoms with van der Waals surface area (Å²) >= 11 is 0. The molecule has 3 heteroatoms. The molecule has 0 aliphatic heterocycles. The van der Waals surface area contributed by atoms with Crippen LogP contribution in [0.2, 0.25) is 0 Å². The Hall–Kier alpha value is -0.830. The average molecular weight is 205 g/mol. The van der Waals surface area contributed by atoms with E-state index in [0.29, 0.717) is 5.54 Å². The Balaban J connectivity index is 1.63. The van der Waals surface area contributed by atoms with Gasteiger partial charge in [0, 0.05) is 24.3 Å². The zero-order valence-electron chi connectivity index (χ0n) is 9.37.